The maximum absolute atomic E-state index is 11.9. The molecule has 1 atom stereocenters. The monoisotopic (exact) mass is 334 g/mol. The fourth-order valence-electron chi connectivity index (χ4n) is 2.11. The zero-order valence-corrected chi connectivity index (χ0v) is 13.7. The van der Waals surface area contributed by atoms with Crippen molar-refractivity contribution in [3.05, 3.63) is 40.9 Å². The molecule has 7 nitrogen and oxygen atoms in total. The number of ether oxygens (including phenoxy) is 1. The number of hydrogen-bond donors (Lipinski definition) is 2. The lowest BCUT2D eigenvalue weighted by molar-refractivity contribution is -0.145. The van der Waals surface area contributed by atoms with E-state index in [0.717, 1.165) is 11.1 Å². The van der Waals surface area contributed by atoms with Gasteiger partial charge in [-0.3, -0.25) is 10.1 Å². The van der Waals surface area contributed by atoms with Crippen LogP contribution in [0, 0.1) is 12.8 Å². The van der Waals surface area contributed by atoms with Gasteiger partial charge in [0.05, 0.1) is 13.0 Å². The standard InChI is InChI=1S/C15H18N4O3S/c1-10-4-3-5-11(6-10)7-12(13(20)22-2)8-16-14(21)18-15-19-17-9-23-15/h3-6,9,12H,7-8H2,1-2H3,(H2,16,18,19,21)/t12-/m0/s1. The van der Waals surface area contributed by atoms with E-state index in [4.69, 9.17) is 4.74 Å². The van der Waals surface area contributed by atoms with Crippen molar-refractivity contribution < 1.29 is 14.3 Å². The van der Waals surface area contributed by atoms with Crippen LogP contribution in [-0.4, -0.2) is 35.9 Å². The molecule has 1 heterocycles. The Hall–Kier alpha value is -2.48. The fraction of sp³-hybridized carbons (Fsp3) is 0.333. The van der Waals surface area contributed by atoms with Crippen molar-refractivity contribution in [2.75, 3.05) is 19.0 Å². The maximum atomic E-state index is 11.9. The van der Waals surface area contributed by atoms with Crippen LogP contribution in [0.4, 0.5) is 9.93 Å². The van der Waals surface area contributed by atoms with E-state index in [9.17, 15) is 9.59 Å². The number of nitrogens with one attached hydrogen (secondary N) is 2. The van der Waals surface area contributed by atoms with Gasteiger partial charge in [-0.25, -0.2) is 4.79 Å². The Kier molecular flexibility index (Phi) is 6.04. The first kappa shape index (κ1) is 16.9. The Bertz CT molecular complexity index is 661. The summed E-state index contributed by atoms with van der Waals surface area (Å²) in [6.45, 7) is 2.16. The molecule has 0 aliphatic rings. The lowest BCUT2D eigenvalue weighted by Gasteiger charge is -2.16. The van der Waals surface area contributed by atoms with Gasteiger partial charge in [0.25, 0.3) is 0 Å². The number of nitrogens with zero attached hydrogens (tertiary/aromatic N) is 2. The van der Waals surface area contributed by atoms with Crippen molar-refractivity contribution in [3.8, 4) is 0 Å². The molecule has 0 radical (unpaired) electrons. The molecule has 0 aliphatic heterocycles. The van der Waals surface area contributed by atoms with Crippen molar-refractivity contribution in [3.63, 3.8) is 0 Å². The van der Waals surface area contributed by atoms with Gasteiger partial charge in [-0.15, -0.1) is 10.2 Å². The Morgan fingerprint density at radius 3 is 2.87 bits per heavy atom. The molecule has 1 aromatic carbocycles. The van der Waals surface area contributed by atoms with Gasteiger partial charge in [-0.1, -0.05) is 41.2 Å². The van der Waals surface area contributed by atoms with E-state index in [1.807, 2.05) is 31.2 Å². The Morgan fingerprint density at radius 1 is 1.39 bits per heavy atom. The Morgan fingerprint density at radius 2 is 2.22 bits per heavy atom. The molecule has 8 heteroatoms. The SMILES string of the molecule is COC(=O)[C@H](CNC(=O)Nc1nncs1)Cc1cccc(C)c1. The average molecular weight is 334 g/mol. The number of rotatable bonds is 6. The van der Waals surface area contributed by atoms with Crippen LogP contribution in [0.5, 0.6) is 0 Å². The summed E-state index contributed by atoms with van der Waals surface area (Å²) in [6.07, 6.45) is 0.493. The molecule has 2 amide bonds. The number of urea groups is 1. The molecule has 0 aliphatic carbocycles. The largest absolute Gasteiger partial charge is 0.469 e. The molecule has 2 aromatic rings. The molecule has 0 spiro atoms. The molecule has 0 unspecified atom stereocenters. The van der Waals surface area contributed by atoms with Gasteiger partial charge >= 0.3 is 12.0 Å². The quantitative estimate of drug-likeness (QED) is 0.788. The first-order chi connectivity index (χ1) is 11.1. The summed E-state index contributed by atoms with van der Waals surface area (Å²) in [5.74, 6) is -0.815. The molecule has 1 aromatic heterocycles. The van der Waals surface area contributed by atoms with E-state index in [-0.39, 0.29) is 12.5 Å². The second-order valence-electron chi connectivity index (χ2n) is 4.99. The molecule has 0 saturated carbocycles. The minimum absolute atomic E-state index is 0.172. The van der Waals surface area contributed by atoms with E-state index in [1.165, 1.54) is 24.0 Å². The second kappa shape index (κ2) is 8.23. The van der Waals surface area contributed by atoms with Crippen LogP contribution in [0.2, 0.25) is 0 Å². The summed E-state index contributed by atoms with van der Waals surface area (Å²) in [7, 11) is 1.34. The van der Waals surface area contributed by atoms with Gasteiger partial charge in [-0.2, -0.15) is 0 Å². The molecular formula is C15H18N4O3S. The highest BCUT2D eigenvalue weighted by atomic mass is 32.1. The van der Waals surface area contributed by atoms with Gasteiger partial charge in [0, 0.05) is 6.54 Å². The van der Waals surface area contributed by atoms with Crippen molar-refractivity contribution >= 4 is 28.5 Å². The lowest BCUT2D eigenvalue weighted by atomic mass is 9.98. The van der Waals surface area contributed by atoms with Gasteiger partial charge in [0.15, 0.2) is 0 Å². The Balaban J connectivity index is 1.93. The van der Waals surface area contributed by atoms with E-state index in [0.29, 0.717) is 11.6 Å². The van der Waals surface area contributed by atoms with E-state index < -0.39 is 11.9 Å². The number of anilines is 1. The van der Waals surface area contributed by atoms with Crippen LogP contribution >= 0.6 is 11.3 Å². The predicted octanol–water partition coefficient (Wildman–Crippen LogP) is 2.00. The van der Waals surface area contributed by atoms with Gasteiger partial charge < -0.3 is 10.1 Å². The van der Waals surface area contributed by atoms with Crippen LogP contribution in [0.15, 0.2) is 29.8 Å². The number of methoxy groups -OCH3 is 1. The third kappa shape index (κ3) is 5.33. The van der Waals surface area contributed by atoms with Crippen molar-refractivity contribution in [2.45, 2.75) is 13.3 Å². The predicted molar refractivity (Wildman–Crippen MR) is 87.3 cm³/mol. The van der Waals surface area contributed by atoms with Crippen LogP contribution < -0.4 is 10.6 Å². The van der Waals surface area contributed by atoms with Crippen LogP contribution in [0.1, 0.15) is 11.1 Å². The number of aryl methyl sites for hydroxylation is 1. The molecule has 0 saturated heterocycles. The summed E-state index contributed by atoms with van der Waals surface area (Å²) < 4.78 is 4.82. The fourth-order valence-corrected chi connectivity index (χ4v) is 2.55. The first-order valence-electron chi connectivity index (χ1n) is 7.03. The molecule has 0 fully saturated rings. The average Bonchev–Trinajstić information content (AvgIpc) is 3.03. The van der Waals surface area contributed by atoms with E-state index in [2.05, 4.69) is 20.8 Å². The third-order valence-electron chi connectivity index (χ3n) is 3.19. The first-order valence-corrected chi connectivity index (χ1v) is 7.91. The zero-order valence-electron chi connectivity index (χ0n) is 12.9. The number of hydrogen-bond acceptors (Lipinski definition) is 6. The minimum atomic E-state index is -0.457. The highest BCUT2D eigenvalue weighted by molar-refractivity contribution is 7.13. The number of esters is 1. The smallest absolute Gasteiger partial charge is 0.321 e. The number of carbonyl (C=O) groups excluding carboxylic acids is 2. The number of amides is 2. The topological polar surface area (TPSA) is 93.2 Å². The molecule has 122 valence electrons. The van der Waals surface area contributed by atoms with E-state index >= 15 is 0 Å². The summed E-state index contributed by atoms with van der Waals surface area (Å²) in [6, 6.07) is 7.46. The second-order valence-corrected chi connectivity index (χ2v) is 5.83. The van der Waals surface area contributed by atoms with Crippen molar-refractivity contribution in [1.29, 1.82) is 0 Å². The molecule has 2 N–H and O–H groups in total. The highest BCUT2D eigenvalue weighted by Gasteiger charge is 2.21. The number of aromatic nitrogens is 2. The Labute approximate surface area is 138 Å². The number of benzene rings is 1. The maximum Gasteiger partial charge on any atom is 0.321 e. The van der Waals surface area contributed by atoms with Crippen molar-refractivity contribution in [2.24, 2.45) is 5.92 Å². The third-order valence-corrected chi connectivity index (χ3v) is 3.80. The summed E-state index contributed by atoms with van der Waals surface area (Å²) >= 11 is 1.21. The van der Waals surface area contributed by atoms with Crippen LogP contribution in [0.25, 0.3) is 0 Å². The van der Waals surface area contributed by atoms with Crippen LogP contribution in [-0.2, 0) is 16.0 Å². The molecule has 23 heavy (non-hydrogen) atoms. The van der Waals surface area contributed by atoms with Crippen molar-refractivity contribution in [1.82, 2.24) is 15.5 Å². The normalized spacial score (nSPS) is 11.6. The van der Waals surface area contributed by atoms with Gasteiger partial charge in [0.1, 0.15) is 5.51 Å². The summed E-state index contributed by atoms with van der Waals surface area (Å²) in [5, 5.41) is 13.0. The highest BCUT2D eigenvalue weighted by Crippen LogP contribution is 2.12. The van der Waals surface area contributed by atoms with Gasteiger partial charge in [-0.05, 0) is 18.9 Å². The van der Waals surface area contributed by atoms with E-state index in [1.54, 1.807) is 0 Å². The molecular weight excluding hydrogens is 316 g/mol. The van der Waals surface area contributed by atoms with Gasteiger partial charge in [0.2, 0.25) is 5.13 Å². The summed E-state index contributed by atoms with van der Waals surface area (Å²) in [4.78, 5) is 23.7. The van der Waals surface area contributed by atoms with Crippen LogP contribution in [0.3, 0.4) is 0 Å². The summed E-state index contributed by atoms with van der Waals surface area (Å²) in [5.41, 5.74) is 3.66. The minimum Gasteiger partial charge on any atom is -0.469 e. The number of carbonyl (C=O) groups is 2. The molecule has 2 rings (SSSR count). The zero-order chi connectivity index (χ0) is 16.7. The lowest BCUT2D eigenvalue weighted by Crippen LogP contribution is -2.37. The molecule has 0 bridgehead atoms.